The van der Waals surface area contributed by atoms with E-state index in [0.717, 1.165) is 18.2 Å². The van der Waals surface area contributed by atoms with Gasteiger partial charge in [0.1, 0.15) is 23.9 Å². The minimum Gasteiger partial charge on any atom is -0.473 e. The Labute approximate surface area is 184 Å². The number of halogens is 5. The van der Waals surface area contributed by atoms with Crippen LogP contribution in [0.1, 0.15) is 6.42 Å². The lowest BCUT2D eigenvalue weighted by atomic mass is 10.1. The number of aromatic nitrogens is 2. The number of rotatable bonds is 5. The minimum absolute atomic E-state index is 0.00524. The number of hydrogen-bond acceptors (Lipinski definition) is 5. The highest BCUT2D eigenvalue weighted by molar-refractivity contribution is 5.45. The topological polar surface area (TPSA) is 56.6 Å². The molecule has 0 saturated heterocycles. The largest absolute Gasteiger partial charge is 0.473 e. The van der Waals surface area contributed by atoms with E-state index < -0.39 is 34.8 Å². The Bertz CT molecular complexity index is 1230. The standard InChI is InChI=1S/C22H18F5N3O3/c1-29-7-8-30-20(29)11-19(28-21(30)31)32-12-13-3-2-4-18(15(9-13)22(25,26)27)33-14-5-6-16(23)17(24)10-14/h2-3,5-6,9-11H,4,7-8,12H2,1H3. The smallest absolute Gasteiger partial charge is 0.419 e. The number of fused-ring (bicyclic) bond motifs is 1. The van der Waals surface area contributed by atoms with E-state index in [0.29, 0.717) is 25.0 Å². The van der Waals surface area contributed by atoms with Crippen molar-refractivity contribution >= 4 is 5.82 Å². The summed E-state index contributed by atoms with van der Waals surface area (Å²) in [6, 6.07) is 4.03. The lowest BCUT2D eigenvalue weighted by Gasteiger charge is -2.15. The first-order valence-corrected chi connectivity index (χ1v) is 9.88. The molecular weight excluding hydrogens is 449 g/mol. The average molecular weight is 467 g/mol. The van der Waals surface area contributed by atoms with Gasteiger partial charge in [0.15, 0.2) is 11.6 Å². The molecule has 0 spiro atoms. The van der Waals surface area contributed by atoms with Crippen LogP contribution in [0.2, 0.25) is 0 Å². The Morgan fingerprint density at radius 2 is 1.91 bits per heavy atom. The molecule has 0 saturated carbocycles. The maximum atomic E-state index is 13.8. The van der Waals surface area contributed by atoms with E-state index in [2.05, 4.69) is 4.98 Å². The summed E-state index contributed by atoms with van der Waals surface area (Å²) in [6.07, 6.45) is -1.30. The van der Waals surface area contributed by atoms with Crippen LogP contribution < -0.4 is 20.1 Å². The third-order valence-electron chi connectivity index (χ3n) is 5.11. The van der Waals surface area contributed by atoms with Crippen LogP contribution in [0.4, 0.5) is 27.8 Å². The van der Waals surface area contributed by atoms with Gasteiger partial charge in [-0.1, -0.05) is 12.2 Å². The zero-order chi connectivity index (χ0) is 23.8. The average Bonchev–Trinajstić information content (AvgIpc) is 2.99. The Kier molecular flexibility index (Phi) is 5.96. The first-order chi connectivity index (χ1) is 15.6. The van der Waals surface area contributed by atoms with E-state index in [-0.39, 0.29) is 30.2 Å². The van der Waals surface area contributed by atoms with Crippen LogP contribution in [0.25, 0.3) is 0 Å². The maximum Gasteiger partial charge on any atom is 0.419 e. The third kappa shape index (κ3) is 4.91. The van der Waals surface area contributed by atoms with Gasteiger partial charge in [0.05, 0.1) is 5.57 Å². The summed E-state index contributed by atoms with van der Waals surface area (Å²) in [6.45, 7) is 0.842. The molecule has 1 aliphatic carbocycles. The molecule has 0 amide bonds. The van der Waals surface area contributed by atoms with Gasteiger partial charge in [-0.2, -0.15) is 18.2 Å². The van der Waals surface area contributed by atoms with Crippen LogP contribution in [0.5, 0.6) is 11.6 Å². The molecule has 6 nitrogen and oxygen atoms in total. The summed E-state index contributed by atoms with van der Waals surface area (Å²) >= 11 is 0. The molecule has 1 aromatic carbocycles. The first-order valence-electron chi connectivity index (χ1n) is 9.88. The summed E-state index contributed by atoms with van der Waals surface area (Å²) in [7, 11) is 1.80. The van der Waals surface area contributed by atoms with Crippen LogP contribution in [-0.4, -0.2) is 35.9 Å². The second-order valence-corrected chi connectivity index (χ2v) is 7.44. The number of alkyl halides is 3. The van der Waals surface area contributed by atoms with Crippen LogP contribution in [-0.2, 0) is 6.54 Å². The number of allylic oxidation sites excluding steroid dienone is 3. The van der Waals surface area contributed by atoms with E-state index in [9.17, 15) is 26.7 Å². The van der Waals surface area contributed by atoms with E-state index >= 15 is 0 Å². The number of hydrogen-bond donors (Lipinski definition) is 0. The number of ether oxygens (including phenoxy) is 2. The fraction of sp³-hybridized carbons (Fsp3) is 0.273. The molecular formula is C22H18F5N3O3. The summed E-state index contributed by atoms with van der Waals surface area (Å²) < 4.78 is 80.1. The monoisotopic (exact) mass is 467 g/mol. The molecule has 2 heterocycles. The van der Waals surface area contributed by atoms with Gasteiger partial charge in [0, 0.05) is 38.7 Å². The summed E-state index contributed by atoms with van der Waals surface area (Å²) in [5, 5.41) is 0. The fourth-order valence-electron chi connectivity index (χ4n) is 3.45. The minimum atomic E-state index is -4.78. The molecule has 4 rings (SSSR count). The van der Waals surface area contributed by atoms with Crippen molar-refractivity contribution in [3.63, 3.8) is 0 Å². The zero-order valence-electron chi connectivity index (χ0n) is 17.3. The molecule has 0 radical (unpaired) electrons. The van der Waals surface area contributed by atoms with Crippen LogP contribution >= 0.6 is 0 Å². The molecule has 11 heteroatoms. The molecule has 33 heavy (non-hydrogen) atoms. The Morgan fingerprint density at radius 3 is 2.64 bits per heavy atom. The normalized spacial score (nSPS) is 15.9. The fourth-order valence-corrected chi connectivity index (χ4v) is 3.45. The molecule has 1 aromatic heterocycles. The van der Waals surface area contributed by atoms with Gasteiger partial charge in [-0.15, -0.1) is 0 Å². The number of anilines is 1. The van der Waals surface area contributed by atoms with Gasteiger partial charge in [0.25, 0.3) is 0 Å². The lowest BCUT2D eigenvalue weighted by molar-refractivity contribution is -0.0907. The van der Waals surface area contributed by atoms with E-state index in [1.165, 1.54) is 16.7 Å². The van der Waals surface area contributed by atoms with Crippen molar-refractivity contribution in [3.05, 3.63) is 81.5 Å². The van der Waals surface area contributed by atoms with Crippen LogP contribution in [0.3, 0.4) is 0 Å². The Balaban J connectivity index is 1.59. The van der Waals surface area contributed by atoms with Crippen molar-refractivity contribution in [2.75, 3.05) is 25.1 Å². The van der Waals surface area contributed by atoms with Gasteiger partial charge in [-0.05, 0) is 23.8 Å². The van der Waals surface area contributed by atoms with E-state index in [1.807, 2.05) is 4.90 Å². The van der Waals surface area contributed by atoms with E-state index in [1.54, 1.807) is 13.1 Å². The highest BCUT2D eigenvalue weighted by atomic mass is 19.4. The van der Waals surface area contributed by atoms with Crippen molar-refractivity contribution < 1.29 is 31.4 Å². The molecule has 174 valence electrons. The predicted octanol–water partition coefficient (Wildman–Crippen LogP) is 4.13. The summed E-state index contributed by atoms with van der Waals surface area (Å²) in [5.74, 6) is -2.52. The second-order valence-electron chi connectivity index (χ2n) is 7.44. The highest BCUT2D eigenvalue weighted by Crippen LogP contribution is 2.34. The molecule has 2 aliphatic rings. The van der Waals surface area contributed by atoms with Crippen LogP contribution in [0, 0.1) is 11.6 Å². The Hall–Kier alpha value is -3.63. The SMILES string of the molecule is CN1CCn2c1cc(OCC1=CC(C(F)(F)F)=C(Oc3ccc(F)c(F)c3)CC=C1)nc2=O. The molecule has 2 aromatic rings. The van der Waals surface area contributed by atoms with Gasteiger partial charge < -0.3 is 14.4 Å². The summed E-state index contributed by atoms with van der Waals surface area (Å²) in [4.78, 5) is 17.8. The van der Waals surface area contributed by atoms with E-state index in [4.69, 9.17) is 9.47 Å². The van der Waals surface area contributed by atoms with Crippen molar-refractivity contribution in [1.29, 1.82) is 0 Å². The van der Waals surface area contributed by atoms with Crippen molar-refractivity contribution in [2.24, 2.45) is 0 Å². The van der Waals surface area contributed by atoms with Gasteiger partial charge in [-0.25, -0.2) is 13.6 Å². The first kappa shape index (κ1) is 22.6. The number of likely N-dealkylation sites (N-methyl/N-ethyl adjacent to an activating group) is 1. The predicted molar refractivity (Wildman–Crippen MR) is 109 cm³/mol. The van der Waals surface area contributed by atoms with Gasteiger partial charge in [0.2, 0.25) is 5.88 Å². The van der Waals surface area contributed by atoms with Crippen molar-refractivity contribution in [2.45, 2.75) is 19.1 Å². The second kappa shape index (κ2) is 8.72. The van der Waals surface area contributed by atoms with Gasteiger partial charge in [-0.3, -0.25) is 4.57 Å². The maximum absolute atomic E-state index is 13.8. The van der Waals surface area contributed by atoms with Crippen molar-refractivity contribution in [1.82, 2.24) is 9.55 Å². The highest BCUT2D eigenvalue weighted by Gasteiger charge is 2.36. The van der Waals surface area contributed by atoms with Gasteiger partial charge >= 0.3 is 11.9 Å². The third-order valence-corrected chi connectivity index (χ3v) is 5.11. The summed E-state index contributed by atoms with van der Waals surface area (Å²) in [5.41, 5.74) is -1.44. The zero-order valence-corrected chi connectivity index (χ0v) is 17.3. The molecule has 1 aliphatic heterocycles. The number of benzene rings is 1. The molecule has 0 fully saturated rings. The number of nitrogens with zero attached hydrogens (tertiary/aromatic N) is 3. The quantitative estimate of drug-likeness (QED) is 0.619. The molecule has 0 atom stereocenters. The molecule has 0 N–H and O–H groups in total. The van der Waals surface area contributed by atoms with Crippen LogP contribution in [0.15, 0.2) is 64.2 Å². The van der Waals surface area contributed by atoms with Crippen molar-refractivity contribution in [3.8, 4) is 11.6 Å². The lowest BCUT2D eigenvalue weighted by Crippen LogP contribution is -2.22. The molecule has 0 bridgehead atoms. The molecule has 0 unspecified atom stereocenters. The Morgan fingerprint density at radius 1 is 1.12 bits per heavy atom.